The lowest BCUT2D eigenvalue weighted by Gasteiger charge is -2.22. The number of carbonyl (C=O) groups is 1. The summed E-state index contributed by atoms with van der Waals surface area (Å²) in [6.45, 7) is 4.49. The zero-order valence-electron chi connectivity index (χ0n) is 11.5. The molecule has 0 saturated carbocycles. The Kier molecular flexibility index (Phi) is 3.49. The number of thioether (sulfide) groups is 1. The third-order valence-electron chi connectivity index (χ3n) is 3.30. The number of anilines is 1. The maximum atomic E-state index is 12.1. The molecule has 20 heavy (non-hydrogen) atoms. The number of fused-ring (bicyclic) bond motifs is 1. The van der Waals surface area contributed by atoms with Gasteiger partial charge in [-0.3, -0.25) is 14.7 Å². The molecule has 1 amide bonds. The fourth-order valence-electron chi connectivity index (χ4n) is 2.40. The molecule has 1 aliphatic heterocycles. The average Bonchev–Trinajstić information content (AvgIpc) is 2.85. The van der Waals surface area contributed by atoms with Crippen LogP contribution in [0.25, 0.3) is 10.8 Å². The molecule has 2 aromatic carbocycles. The minimum atomic E-state index is 0.00158. The first-order chi connectivity index (χ1) is 9.66. The predicted molar refractivity (Wildman–Crippen MR) is 86.5 cm³/mol. The summed E-state index contributed by atoms with van der Waals surface area (Å²) < 4.78 is 0. The van der Waals surface area contributed by atoms with E-state index in [0.717, 1.165) is 28.2 Å². The molecular formula is C16H16N2OS. The van der Waals surface area contributed by atoms with Gasteiger partial charge in [0.2, 0.25) is 5.91 Å². The SMILES string of the molecule is CC(=O)N(C1=NC[C@H](C)S1)c1cccc2ccccc12. The van der Waals surface area contributed by atoms with Gasteiger partial charge in [-0.25, -0.2) is 0 Å². The van der Waals surface area contributed by atoms with Gasteiger partial charge in [0.05, 0.1) is 12.2 Å². The summed E-state index contributed by atoms with van der Waals surface area (Å²) >= 11 is 1.66. The predicted octanol–water partition coefficient (Wildman–Crippen LogP) is 3.68. The highest BCUT2D eigenvalue weighted by molar-refractivity contribution is 8.15. The quantitative estimate of drug-likeness (QED) is 0.800. The van der Waals surface area contributed by atoms with Crippen molar-refractivity contribution in [1.29, 1.82) is 0 Å². The van der Waals surface area contributed by atoms with Gasteiger partial charge < -0.3 is 0 Å². The van der Waals surface area contributed by atoms with Crippen molar-refractivity contribution in [2.45, 2.75) is 19.1 Å². The molecule has 3 nitrogen and oxygen atoms in total. The van der Waals surface area contributed by atoms with Crippen LogP contribution in [0, 0.1) is 0 Å². The van der Waals surface area contributed by atoms with E-state index in [1.165, 1.54) is 0 Å². The third-order valence-corrected chi connectivity index (χ3v) is 4.38. The van der Waals surface area contributed by atoms with Crippen LogP contribution in [0.2, 0.25) is 0 Å². The van der Waals surface area contributed by atoms with Gasteiger partial charge in [0.25, 0.3) is 0 Å². The Morgan fingerprint density at radius 1 is 1.25 bits per heavy atom. The van der Waals surface area contributed by atoms with E-state index in [1.54, 1.807) is 23.6 Å². The molecule has 3 rings (SSSR count). The van der Waals surface area contributed by atoms with Gasteiger partial charge in [-0.15, -0.1) is 0 Å². The van der Waals surface area contributed by atoms with Gasteiger partial charge in [0.1, 0.15) is 0 Å². The molecule has 0 spiro atoms. The minimum absolute atomic E-state index is 0.00158. The summed E-state index contributed by atoms with van der Waals surface area (Å²) in [6.07, 6.45) is 0. The largest absolute Gasteiger partial charge is 0.274 e. The van der Waals surface area contributed by atoms with Crippen molar-refractivity contribution in [1.82, 2.24) is 0 Å². The molecule has 1 aliphatic rings. The molecule has 0 aliphatic carbocycles. The Bertz CT molecular complexity index is 690. The zero-order valence-corrected chi connectivity index (χ0v) is 12.4. The van der Waals surface area contributed by atoms with Gasteiger partial charge in [0, 0.05) is 17.6 Å². The van der Waals surface area contributed by atoms with Crippen LogP contribution in [-0.4, -0.2) is 22.9 Å². The third kappa shape index (κ3) is 2.31. The van der Waals surface area contributed by atoms with Gasteiger partial charge in [-0.2, -0.15) is 0 Å². The van der Waals surface area contributed by atoms with Crippen molar-refractivity contribution in [2.75, 3.05) is 11.4 Å². The van der Waals surface area contributed by atoms with E-state index in [2.05, 4.69) is 24.0 Å². The van der Waals surface area contributed by atoms with Gasteiger partial charge in [0.15, 0.2) is 5.17 Å². The van der Waals surface area contributed by atoms with Crippen molar-refractivity contribution < 1.29 is 4.79 Å². The van der Waals surface area contributed by atoms with Crippen LogP contribution in [0.3, 0.4) is 0 Å². The lowest BCUT2D eigenvalue weighted by Crippen LogP contribution is -2.32. The summed E-state index contributed by atoms with van der Waals surface area (Å²) in [4.78, 5) is 18.4. The molecule has 0 saturated heterocycles. The summed E-state index contributed by atoms with van der Waals surface area (Å²) in [5.74, 6) is 0.00158. The maximum absolute atomic E-state index is 12.1. The normalized spacial score (nSPS) is 18.1. The van der Waals surface area contributed by atoms with Crippen LogP contribution in [0.5, 0.6) is 0 Å². The molecule has 1 atom stereocenters. The number of amides is 1. The first kappa shape index (κ1) is 13.2. The zero-order chi connectivity index (χ0) is 14.1. The number of hydrogen-bond donors (Lipinski definition) is 0. The van der Waals surface area contributed by atoms with E-state index in [9.17, 15) is 4.79 Å². The Balaban J connectivity index is 2.13. The minimum Gasteiger partial charge on any atom is -0.274 e. The van der Waals surface area contributed by atoms with E-state index in [4.69, 9.17) is 0 Å². The van der Waals surface area contributed by atoms with E-state index in [-0.39, 0.29) is 5.91 Å². The number of nitrogens with zero attached hydrogens (tertiary/aromatic N) is 2. The van der Waals surface area contributed by atoms with E-state index >= 15 is 0 Å². The molecule has 1 heterocycles. The maximum Gasteiger partial charge on any atom is 0.230 e. The molecule has 2 aromatic rings. The average molecular weight is 284 g/mol. The molecule has 4 heteroatoms. The van der Waals surface area contributed by atoms with Crippen LogP contribution in [0.4, 0.5) is 5.69 Å². The lowest BCUT2D eigenvalue weighted by atomic mass is 10.1. The highest BCUT2D eigenvalue weighted by Crippen LogP contribution is 2.32. The summed E-state index contributed by atoms with van der Waals surface area (Å²) in [7, 11) is 0. The first-order valence-corrected chi connectivity index (χ1v) is 7.54. The van der Waals surface area contributed by atoms with Crippen molar-refractivity contribution in [3.05, 3.63) is 42.5 Å². The highest BCUT2D eigenvalue weighted by Gasteiger charge is 2.26. The molecule has 0 unspecified atom stereocenters. The van der Waals surface area contributed by atoms with Crippen LogP contribution >= 0.6 is 11.8 Å². The Morgan fingerprint density at radius 2 is 2.00 bits per heavy atom. The highest BCUT2D eigenvalue weighted by atomic mass is 32.2. The van der Waals surface area contributed by atoms with E-state index in [0.29, 0.717) is 5.25 Å². The van der Waals surface area contributed by atoms with E-state index < -0.39 is 0 Å². The fourth-order valence-corrected chi connectivity index (χ4v) is 3.39. The van der Waals surface area contributed by atoms with Crippen LogP contribution < -0.4 is 4.90 Å². The van der Waals surface area contributed by atoms with Gasteiger partial charge in [-0.05, 0) is 11.5 Å². The van der Waals surface area contributed by atoms with E-state index in [1.807, 2.05) is 30.3 Å². The molecule has 0 bridgehead atoms. The van der Waals surface area contributed by atoms with Crippen LogP contribution in [0.1, 0.15) is 13.8 Å². The Morgan fingerprint density at radius 3 is 2.70 bits per heavy atom. The smallest absolute Gasteiger partial charge is 0.230 e. The second kappa shape index (κ2) is 5.29. The monoisotopic (exact) mass is 284 g/mol. The summed E-state index contributed by atoms with van der Waals surface area (Å²) in [6, 6.07) is 14.1. The number of carbonyl (C=O) groups excluding carboxylic acids is 1. The number of rotatable bonds is 1. The first-order valence-electron chi connectivity index (χ1n) is 6.66. The van der Waals surface area contributed by atoms with Gasteiger partial charge in [-0.1, -0.05) is 55.1 Å². The van der Waals surface area contributed by atoms with Crippen molar-refractivity contribution in [2.24, 2.45) is 4.99 Å². The molecule has 0 fully saturated rings. The standard InChI is InChI=1S/C16H16N2OS/c1-11-10-17-16(20-11)18(12(2)19)15-9-5-7-13-6-3-4-8-14(13)15/h3-9,11H,10H2,1-2H3/t11-/m0/s1. The van der Waals surface area contributed by atoms with Crippen LogP contribution in [0.15, 0.2) is 47.5 Å². The topological polar surface area (TPSA) is 32.7 Å². The molecule has 0 aromatic heterocycles. The van der Waals surface area contributed by atoms with Gasteiger partial charge >= 0.3 is 0 Å². The van der Waals surface area contributed by atoms with Crippen molar-refractivity contribution in [3.8, 4) is 0 Å². The molecular weight excluding hydrogens is 268 g/mol. The van der Waals surface area contributed by atoms with Crippen molar-refractivity contribution in [3.63, 3.8) is 0 Å². The molecule has 0 radical (unpaired) electrons. The molecule has 102 valence electrons. The second-order valence-electron chi connectivity index (χ2n) is 4.90. The number of benzene rings is 2. The number of hydrogen-bond acceptors (Lipinski definition) is 3. The Hall–Kier alpha value is -1.81. The van der Waals surface area contributed by atoms with Crippen molar-refractivity contribution >= 4 is 39.3 Å². The number of aliphatic imine (C=N–C) groups is 1. The summed E-state index contributed by atoms with van der Waals surface area (Å²) in [5, 5.41) is 3.45. The summed E-state index contributed by atoms with van der Waals surface area (Å²) in [5.41, 5.74) is 0.913. The Labute approximate surface area is 122 Å². The molecule has 0 N–H and O–H groups in total. The second-order valence-corrected chi connectivity index (χ2v) is 6.31. The fraction of sp³-hybridized carbons (Fsp3) is 0.250. The lowest BCUT2D eigenvalue weighted by molar-refractivity contribution is -0.115. The number of amidine groups is 1. The van der Waals surface area contributed by atoms with Crippen LogP contribution in [-0.2, 0) is 4.79 Å².